The van der Waals surface area contributed by atoms with Crippen LogP contribution in [-0.4, -0.2) is 66.7 Å². The topological polar surface area (TPSA) is 132 Å². The lowest BCUT2D eigenvalue weighted by atomic mass is 10.1. The molecule has 4 bridgehead atoms. The third-order valence-electron chi connectivity index (χ3n) is 7.09. The number of ether oxygens (including phenoxy) is 3. The number of carbonyl (C=O) groups excluding carboxylic acids is 3. The standard InChI is InChI=1S/C28H28N4O7/c1-36-22-9-6-18-10-23(22)37-15-26(33)29-12-16-2-7-19(8-3-16)38-25-14-32(13-21(25)30-27(18)34)28(35)24-11-20(31-39-24)17-4-5-17/h2-3,6-11,17,21,25H,4-5,12-15H2,1H3,(H,29,33)(H,30,34)/t21-,25-/m0/s1. The van der Waals surface area contributed by atoms with Crippen molar-refractivity contribution in [2.75, 3.05) is 26.8 Å². The van der Waals surface area contributed by atoms with Gasteiger partial charge in [0.15, 0.2) is 18.1 Å². The number of amides is 3. The van der Waals surface area contributed by atoms with E-state index in [2.05, 4.69) is 15.8 Å². The Morgan fingerprint density at radius 3 is 2.67 bits per heavy atom. The molecule has 1 saturated carbocycles. The molecule has 3 amide bonds. The Balaban J connectivity index is 1.27. The van der Waals surface area contributed by atoms with Crippen LogP contribution in [0.3, 0.4) is 0 Å². The molecule has 1 aliphatic carbocycles. The summed E-state index contributed by atoms with van der Waals surface area (Å²) < 4.78 is 22.6. The van der Waals surface area contributed by atoms with E-state index in [1.807, 2.05) is 12.1 Å². The Hall–Kier alpha value is -4.54. The number of aromatic nitrogens is 1. The van der Waals surface area contributed by atoms with Gasteiger partial charge in [-0.15, -0.1) is 0 Å². The highest BCUT2D eigenvalue weighted by atomic mass is 16.5. The number of nitrogens with one attached hydrogen (secondary N) is 2. The first-order chi connectivity index (χ1) is 19.0. The van der Waals surface area contributed by atoms with Crippen molar-refractivity contribution in [2.45, 2.75) is 37.5 Å². The van der Waals surface area contributed by atoms with Gasteiger partial charge in [-0.2, -0.15) is 0 Å². The first-order valence-electron chi connectivity index (χ1n) is 12.9. The first kappa shape index (κ1) is 24.8. The van der Waals surface area contributed by atoms with Gasteiger partial charge in [0, 0.05) is 30.6 Å². The van der Waals surface area contributed by atoms with Crippen molar-refractivity contribution < 1.29 is 33.1 Å². The van der Waals surface area contributed by atoms with Gasteiger partial charge in [-0.25, -0.2) is 0 Å². The fourth-order valence-electron chi connectivity index (χ4n) is 4.75. The van der Waals surface area contributed by atoms with E-state index in [1.54, 1.807) is 35.2 Å². The zero-order valence-electron chi connectivity index (χ0n) is 21.3. The summed E-state index contributed by atoms with van der Waals surface area (Å²) in [6.45, 7) is 0.547. The van der Waals surface area contributed by atoms with E-state index < -0.39 is 12.1 Å². The molecule has 11 nitrogen and oxygen atoms in total. The third-order valence-corrected chi connectivity index (χ3v) is 7.09. The number of nitrogens with zero attached hydrogens (tertiary/aromatic N) is 2. The maximum absolute atomic E-state index is 13.3. The average molecular weight is 533 g/mol. The first-order valence-corrected chi connectivity index (χ1v) is 12.9. The average Bonchev–Trinajstić information content (AvgIpc) is 3.55. The van der Waals surface area contributed by atoms with Crippen LogP contribution in [0.25, 0.3) is 0 Å². The van der Waals surface area contributed by atoms with Crippen molar-refractivity contribution in [2.24, 2.45) is 0 Å². The molecule has 2 fully saturated rings. The number of likely N-dealkylation sites (tertiary alicyclic amines) is 1. The number of methoxy groups -OCH3 is 1. The Bertz CT molecular complexity index is 1400. The highest BCUT2D eigenvalue weighted by Crippen LogP contribution is 2.39. The molecule has 4 aliphatic rings. The summed E-state index contributed by atoms with van der Waals surface area (Å²) in [6, 6.07) is 13.2. The van der Waals surface area contributed by atoms with E-state index in [1.165, 1.54) is 13.2 Å². The zero-order chi connectivity index (χ0) is 26.9. The van der Waals surface area contributed by atoms with Crippen molar-refractivity contribution in [1.82, 2.24) is 20.7 Å². The predicted octanol–water partition coefficient (Wildman–Crippen LogP) is 2.27. The van der Waals surface area contributed by atoms with E-state index in [4.69, 9.17) is 18.7 Å². The maximum Gasteiger partial charge on any atom is 0.292 e. The molecule has 2 aromatic carbocycles. The number of hydrogen-bond donors (Lipinski definition) is 2. The van der Waals surface area contributed by atoms with Gasteiger partial charge in [-0.3, -0.25) is 14.4 Å². The van der Waals surface area contributed by atoms with E-state index in [-0.39, 0.29) is 48.9 Å². The highest BCUT2D eigenvalue weighted by molar-refractivity contribution is 5.95. The summed E-state index contributed by atoms with van der Waals surface area (Å²) in [4.78, 5) is 40.5. The summed E-state index contributed by atoms with van der Waals surface area (Å²) in [6.07, 6.45) is 1.59. The van der Waals surface area contributed by atoms with E-state index in [0.717, 1.165) is 24.1 Å². The second kappa shape index (κ2) is 10.3. The van der Waals surface area contributed by atoms with Gasteiger partial charge >= 0.3 is 0 Å². The van der Waals surface area contributed by atoms with Gasteiger partial charge in [0.2, 0.25) is 5.76 Å². The number of rotatable bonds is 3. The molecule has 4 heterocycles. The van der Waals surface area contributed by atoms with Crippen molar-refractivity contribution in [1.29, 1.82) is 0 Å². The van der Waals surface area contributed by atoms with Crippen molar-refractivity contribution in [3.8, 4) is 17.2 Å². The van der Waals surface area contributed by atoms with Crippen LogP contribution in [0.4, 0.5) is 0 Å². The van der Waals surface area contributed by atoms with Gasteiger partial charge in [0.25, 0.3) is 17.7 Å². The molecule has 1 saturated heterocycles. The molecule has 0 spiro atoms. The molecule has 11 heteroatoms. The fraction of sp³-hybridized carbons (Fsp3) is 0.357. The Morgan fingerprint density at radius 2 is 1.90 bits per heavy atom. The highest BCUT2D eigenvalue weighted by Gasteiger charge is 2.40. The van der Waals surface area contributed by atoms with Crippen molar-refractivity contribution in [3.05, 3.63) is 71.1 Å². The SMILES string of the molecule is COc1ccc2cc1OCC(=O)NCc1ccc(cc1)O[C@H]1CN(C(=O)c3cc(C4CC4)no3)C[C@@H]1NC2=O. The van der Waals surface area contributed by atoms with E-state index in [0.29, 0.717) is 29.5 Å². The van der Waals surface area contributed by atoms with Crippen molar-refractivity contribution >= 4 is 17.7 Å². The quantitative estimate of drug-likeness (QED) is 0.525. The van der Waals surface area contributed by atoms with Crippen LogP contribution < -0.4 is 24.8 Å². The second-order valence-corrected chi connectivity index (χ2v) is 9.91. The van der Waals surface area contributed by atoms with Crippen LogP contribution in [0.2, 0.25) is 0 Å². The van der Waals surface area contributed by atoms with Gasteiger partial charge < -0.3 is 34.3 Å². The van der Waals surface area contributed by atoms with Crippen LogP contribution in [-0.2, 0) is 11.3 Å². The summed E-state index contributed by atoms with van der Waals surface area (Å²) in [5.74, 6) is 0.798. The summed E-state index contributed by atoms with van der Waals surface area (Å²) in [5, 5.41) is 9.87. The number of hydrogen-bond acceptors (Lipinski definition) is 8. The van der Waals surface area contributed by atoms with Crippen LogP contribution >= 0.6 is 0 Å². The minimum absolute atomic E-state index is 0.181. The minimum Gasteiger partial charge on any atom is -0.493 e. The zero-order valence-corrected chi connectivity index (χ0v) is 21.3. The van der Waals surface area contributed by atoms with E-state index in [9.17, 15) is 14.4 Å². The summed E-state index contributed by atoms with van der Waals surface area (Å²) in [7, 11) is 1.48. The smallest absolute Gasteiger partial charge is 0.292 e. The maximum atomic E-state index is 13.3. The molecular formula is C28H28N4O7. The second-order valence-electron chi connectivity index (χ2n) is 9.91. The van der Waals surface area contributed by atoms with Crippen molar-refractivity contribution in [3.63, 3.8) is 0 Å². The molecule has 3 aliphatic heterocycles. The number of fused-ring (bicyclic) bond motifs is 7. The largest absolute Gasteiger partial charge is 0.493 e. The predicted molar refractivity (Wildman–Crippen MR) is 137 cm³/mol. The Labute approximate surface area is 224 Å². The van der Waals surface area contributed by atoms with Crippen LogP contribution in [0.15, 0.2) is 53.1 Å². The lowest BCUT2D eigenvalue weighted by molar-refractivity contribution is -0.123. The van der Waals surface area contributed by atoms with Crippen LogP contribution in [0.5, 0.6) is 17.2 Å². The monoisotopic (exact) mass is 532 g/mol. The molecule has 39 heavy (non-hydrogen) atoms. The number of benzene rings is 2. The fourth-order valence-corrected chi connectivity index (χ4v) is 4.75. The van der Waals surface area contributed by atoms with Gasteiger partial charge in [0.05, 0.1) is 25.4 Å². The molecule has 7 rings (SSSR count). The molecular weight excluding hydrogens is 504 g/mol. The Morgan fingerprint density at radius 1 is 1.08 bits per heavy atom. The molecule has 2 atom stereocenters. The molecule has 202 valence electrons. The van der Waals surface area contributed by atoms with E-state index >= 15 is 0 Å². The molecule has 2 N–H and O–H groups in total. The lowest BCUT2D eigenvalue weighted by Crippen LogP contribution is -2.45. The normalized spacial score (nSPS) is 21.2. The molecule has 1 aromatic heterocycles. The minimum atomic E-state index is -0.515. The summed E-state index contributed by atoms with van der Waals surface area (Å²) >= 11 is 0. The van der Waals surface area contributed by atoms with Gasteiger partial charge in [0.1, 0.15) is 11.9 Å². The Kier molecular flexibility index (Phi) is 6.55. The molecule has 0 radical (unpaired) electrons. The lowest BCUT2D eigenvalue weighted by Gasteiger charge is -2.21. The number of carbonyl (C=O) groups is 3. The van der Waals surface area contributed by atoms with Crippen LogP contribution in [0, 0.1) is 0 Å². The molecule has 0 unspecified atom stereocenters. The molecule has 3 aromatic rings. The van der Waals surface area contributed by atoms with Crippen LogP contribution in [0.1, 0.15) is 50.9 Å². The van der Waals surface area contributed by atoms with Gasteiger partial charge in [-0.05, 0) is 48.7 Å². The third kappa shape index (κ3) is 5.38. The van der Waals surface area contributed by atoms with Gasteiger partial charge in [-0.1, -0.05) is 17.3 Å². The summed E-state index contributed by atoms with van der Waals surface area (Å²) in [5.41, 5.74) is 1.99.